The van der Waals surface area contributed by atoms with E-state index in [4.69, 9.17) is 4.52 Å². The molecule has 2 N–H and O–H groups in total. The third-order valence-corrected chi connectivity index (χ3v) is 5.47. The number of nitrogens with zero attached hydrogens (tertiary/aromatic N) is 2. The lowest BCUT2D eigenvalue weighted by molar-refractivity contribution is -0.123. The van der Waals surface area contributed by atoms with Crippen LogP contribution in [-0.4, -0.2) is 21.7 Å². The summed E-state index contributed by atoms with van der Waals surface area (Å²) in [6, 6.07) is 8.18. The van der Waals surface area contributed by atoms with Crippen LogP contribution in [0.5, 0.6) is 0 Å². The predicted molar refractivity (Wildman–Crippen MR) is 109 cm³/mol. The molecule has 0 fully saturated rings. The Labute approximate surface area is 165 Å². The average Bonchev–Trinajstić information content (AvgIpc) is 3.16. The Morgan fingerprint density at radius 3 is 2.96 bits per heavy atom. The van der Waals surface area contributed by atoms with Crippen LogP contribution in [-0.2, 0) is 24.8 Å². The quantitative estimate of drug-likeness (QED) is 0.712. The van der Waals surface area contributed by atoms with Crippen molar-refractivity contribution in [1.82, 2.24) is 20.4 Å². The average molecular weight is 380 g/mol. The van der Waals surface area contributed by atoms with E-state index in [9.17, 15) is 4.79 Å². The molecule has 0 aliphatic carbocycles. The molecule has 1 aliphatic heterocycles. The van der Waals surface area contributed by atoms with Crippen LogP contribution in [0.4, 0.5) is 0 Å². The van der Waals surface area contributed by atoms with Gasteiger partial charge in [0.2, 0.25) is 5.91 Å². The molecule has 0 saturated heterocycles. The van der Waals surface area contributed by atoms with Crippen molar-refractivity contribution in [3.05, 3.63) is 53.0 Å². The van der Waals surface area contributed by atoms with Gasteiger partial charge >= 0.3 is 0 Å². The van der Waals surface area contributed by atoms with E-state index in [1.807, 2.05) is 13.0 Å². The second kappa shape index (κ2) is 7.43. The molecule has 6 heteroatoms. The minimum absolute atomic E-state index is 0.000724. The molecule has 0 radical (unpaired) electrons. The van der Waals surface area contributed by atoms with Crippen molar-refractivity contribution in [3.63, 3.8) is 0 Å². The minimum Gasteiger partial charge on any atom is -0.361 e. The van der Waals surface area contributed by atoms with Crippen LogP contribution >= 0.6 is 0 Å². The number of aromatic nitrogens is 2. The van der Waals surface area contributed by atoms with Gasteiger partial charge in [-0.1, -0.05) is 31.1 Å². The molecule has 0 saturated carbocycles. The number of carbonyl (C=O) groups is 1. The highest BCUT2D eigenvalue weighted by molar-refractivity contribution is 5.90. The summed E-state index contributed by atoms with van der Waals surface area (Å²) in [5, 5.41) is 11.9. The molecule has 2 aromatic heterocycles. The minimum atomic E-state index is -0.283. The van der Waals surface area contributed by atoms with Gasteiger partial charge in [0.1, 0.15) is 11.5 Å². The summed E-state index contributed by atoms with van der Waals surface area (Å²) in [7, 11) is 2.07. The highest BCUT2D eigenvalue weighted by Crippen LogP contribution is 2.35. The molecule has 3 aromatic rings. The molecule has 0 spiro atoms. The number of carbonyl (C=O) groups excluding carboxylic acids is 1. The highest BCUT2D eigenvalue weighted by atomic mass is 16.5. The van der Waals surface area contributed by atoms with Crippen molar-refractivity contribution in [2.24, 2.45) is 13.0 Å². The van der Waals surface area contributed by atoms with Gasteiger partial charge in [0.25, 0.3) is 0 Å². The molecule has 6 nitrogen and oxygen atoms in total. The summed E-state index contributed by atoms with van der Waals surface area (Å²) in [6.07, 6.45) is 3.82. The van der Waals surface area contributed by atoms with E-state index in [0.29, 0.717) is 18.9 Å². The standard InChI is InChI=1S/C22H28N4O2/c1-13(2)8-18-17-6-5-7-20-21(17)15(12-26(20)4)10-19(24-18)22(27)23-11-16-9-14(3)28-25-16/h5-7,9,12-13,18-19,24H,8,10-11H2,1-4H3,(H,23,27)/t18-,19-/m0/s1. The highest BCUT2D eigenvalue weighted by Gasteiger charge is 2.30. The van der Waals surface area contributed by atoms with Gasteiger partial charge in [0.15, 0.2) is 0 Å². The summed E-state index contributed by atoms with van der Waals surface area (Å²) in [4.78, 5) is 13.0. The number of rotatable bonds is 5. The zero-order chi connectivity index (χ0) is 19.8. The summed E-state index contributed by atoms with van der Waals surface area (Å²) in [5.74, 6) is 1.27. The number of aryl methyl sites for hydroxylation is 2. The lowest BCUT2D eigenvalue weighted by atomic mass is 9.94. The second-order valence-electron chi connectivity index (χ2n) is 8.26. The van der Waals surface area contributed by atoms with Crippen molar-refractivity contribution in [1.29, 1.82) is 0 Å². The molecule has 1 aliphatic rings. The Hall–Kier alpha value is -2.60. The van der Waals surface area contributed by atoms with Gasteiger partial charge in [-0.2, -0.15) is 0 Å². The zero-order valence-corrected chi connectivity index (χ0v) is 17.0. The van der Waals surface area contributed by atoms with E-state index >= 15 is 0 Å². The van der Waals surface area contributed by atoms with Crippen LogP contribution in [0.25, 0.3) is 10.9 Å². The van der Waals surface area contributed by atoms with E-state index in [-0.39, 0.29) is 18.0 Å². The molecule has 0 bridgehead atoms. The van der Waals surface area contributed by atoms with E-state index < -0.39 is 0 Å². The number of hydrogen-bond acceptors (Lipinski definition) is 4. The topological polar surface area (TPSA) is 72.1 Å². The Kier molecular flexibility index (Phi) is 4.98. The normalized spacial score (nSPS) is 19.2. The monoisotopic (exact) mass is 380 g/mol. The zero-order valence-electron chi connectivity index (χ0n) is 17.0. The van der Waals surface area contributed by atoms with Crippen LogP contribution in [0.2, 0.25) is 0 Å². The summed E-state index contributed by atoms with van der Waals surface area (Å²) in [5.41, 5.74) is 4.49. The molecule has 148 valence electrons. The molecule has 1 aromatic carbocycles. The first-order valence-electron chi connectivity index (χ1n) is 9.95. The largest absolute Gasteiger partial charge is 0.361 e. The Balaban J connectivity index is 1.62. The van der Waals surface area contributed by atoms with Crippen LogP contribution in [0.1, 0.15) is 48.9 Å². The molecule has 28 heavy (non-hydrogen) atoms. The second-order valence-corrected chi connectivity index (χ2v) is 8.26. The Bertz CT molecular complexity index is 1000. The van der Waals surface area contributed by atoms with Gasteiger partial charge in [0.05, 0.1) is 12.6 Å². The number of nitrogens with one attached hydrogen (secondary N) is 2. The van der Waals surface area contributed by atoms with Crippen LogP contribution in [0.3, 0.4) is 0 Å². The van der Waals surface area contributed by atoms with E-state index in [1.165, 1.54) is 22.0 Å². The number of hydrogen-bond donors (Lipinski definition) is 2. The Morgan fingerprint density at radius 1 is 1.43 bits per heavy atom. The van der Waals surface area contributed by atoms with E-state index in [2.05, 4.69) is 65.6 Å². The van der Waals surface area contributed by atoms with Gasteiger partial charge in [-0.15, -0.1) is 0 Å². The lowest BCUT2D eigenvalue weighted by Crippen LogP contribution is -2.46. The number of amides is 1. The summed E-state index contributed by atoms with van der Waals surface area (Å²) in [6.45, 7) is 6.67. The first-order valence-corrected chi connectivity index (χ1v) is 9.95. The maximum absolute atomic E-state index is 13.0. The van der Waals surface area contributed by atoms with Crippen LogP contribution in [0.15, 0.2) is 35.0 Å². The third-order valence-electron chi connectivity index (χ3n) is 5.47. The van der Waals surface area contributed by atoms with Gasteiger partial charge in [-0.3, -0.25) is 10.1 Å². The van der Waals surface area contributed by atoms with Gasteiger partial charge < -0.3 is 14.4 Å². The first kappa shape index (κ1) is 18.7. The van der Waals surface area contributed by atoms with Crippen LogP contribution < -0.4 is 10.6 Å². The fourth-order valence-corrected chi connectivity index (χ4v) is 4.26. The van der Waals surface area contributed by atoms with Gasteiger partial charge in [0, 0.05) is 36.3 Å². The molecular weight excluding hydrogens is 352 g/mol. The fraction of sp³-hybridized carbons (Fsp3) is 0.455. The predicted octanol–water partition coefficient (Wildman–Crippen LogP) is 3.39. The van der Waals surface area contributed by atoms with E-state index in [0.717, 1.165) is 17.9 Å². The number of benzene rings is 1. The SMILES string of the molecule is Cc1cc(CNC(=O)[C@@H]2Cc3cn(C)c4cccc(c34)[C@H](CC(C)C)N2)no1. The van der Waals surface area contributed by atoms with Crippen LogP contribution in [0, 0.1) is 12.8 Å². The molecule has 0 unspecified atom stereocenters. The molecule has 4 rings (SSSR count). The molecule has 1 amide bonds. The molecule has 2 atom stereocenters. The van der Waals surface area contributed by atoms with Crippen molar-refractivity contribution < 1.29 is 9.32 Å². The van der Waals surface area contributed by atoms with Crippen molar-refractivity contribution >= 4 is 16.8 Å². The fourth-order valence-electron chi connectivity index (χ4n) is 4.26. The smallest absolute Gasteiger partial charge is 0.237 e. The maximum Gasteiger partial charge on any atom is 0.237 e. The van der Waals surface area contributed by atoms with Gasteiger partial charge in [-0.05, 0) is 42.9 Å². The summed E-state index contributed by atoms with van der Waals surface area (Å²) < 4.78 is 7.25. The van der Waals surface area contributed by atoms with Crippen molar-refractivity contribution in [2.75, 3.05) is 0 Å². The molecule has 3 heterocycles. The van der Waals surface area contributed by atoms with Crippen molar-refractivity contribution in [3.8, 4) is 0 Å². The Morgan fingerprint density at radius 2 is 2.25 bits per heavy atom. The summed E-state index contributed by atoms with van der Waals surface area (Å²) >= 11 is 0. The van der Waals surface area contributed by atoms with E-state index in [1.54, 1.807) is 0 Å². The third kappa shape index (κ3) is 3.56. The van der Waals surface area contributed by atoms with Crippen molar-refractivity contribution in [2.45, 2.75) is 52.2 Å². The van der Waals surface area contributed by atoms with Gasteiger partial charge in [-0.25, -0.2) is 0 Å². The maximum atomic E-state index is 13.0. The molecular formula is C22H28N4O2. The first-order chi connectivity index (χ1) is 13.4. The lowest BCUT2D eigenvalue weighted by Gasteiger charge is -2.25.